The Bertz CT molecular complexity index is 1190. The first-order valence-corrected chi connectivity index (χ1v) is 11.9. The van der Waals surface area contributed by atoms with Crippen LogP contribution in [0.5, 0.6) is 23.0 Å². The first-order chi connectivity index (χ1) is 16.7. The van der Waals surface area contributed by atoms with Crippen molar-refractivity contribution in [2.24, 2.45) is 4.99 Å². The third kappa shape index (κ3) is 4.23. The highest BCUT2D eigenvalue weighted by atomic mass is 16.5. The van der Waals surface area contributed by atoms with E-state index in [-0.39, 0.29) is 6.04 Å². The zero-order chi connectivity index (χ0) is 23.5. The van der Waals surface area contributed by atoms with Gasteiger partial charge in [0.05, 0.1) is 33.1 Å². The number of nitrogens with zero attached hydrogens (tertiary/aromatic N) is 1. The topological polar surface area (TPSA) is 49.3 Å². The summed E-state index contributed by atoms with van der Waals surface area (Å²) in [6.07, 6.45) is 4.71. The zero-order valence-electron chi connectivity index (χ0n) is 20.0. The zero-order valence-corrected chi connectivity index (χ0v) is 20.0. The van der Waals surface area contributed by atoms with Gasteiger partial charge in [-0.15, -0.1) is 0 Å². The lowest BCUT2D eigenvalue weighted by Gasteiger charge is -2.36. The molecule has 3 aromatic carbocycles. The van der Waals surface area contributed by atoms with Crippen LogP contribution in [0.3, 0.4) is 0 Å². The smallest absolute Gasteiger partial charge is 0.162 e. The second kappa shape index (κ2) is 9.80. The molecule has 0 unspecified atom stereocenters. The van der Waals surface area contributed by atoms with Crippen LogP contribution in [0.4, 0.5) is 0 Å². The molecule has 0 spiro atoms. The van der Waals surface area contributed by atoms with Crippen molar-refractivity contribution in [1.29, 1.82) is 0 Å². The van der Waals surface area contributed by atoms with E-state index in [4.69, 9.17) is 23.9 Å². The summed E-state index contributed by atoms with van der Waals surface area (Å²) in [5.41, 5.74) is 5.51. The van der Waals surface area contributed by atoms with Crippen molar-refractivity contribution in [3.63, 3.8) is 0 Å². The molecule has 5 nitrogen and oxygen atoms in total. The molecule has 176 valence electrons. The largest absolute Gasteiger partial charge is 0.493 e. The van der Waals surface area contributed by atoms with Crippen molar-refractivity contribution in [2.75, 3.05) is 21.3 Å². The summed E-state index contributed by atoms with van der Waals surface area (Å²) in [4.78, 5) is 5.29. The fraction of sp³-hybridized carbons (Fsp3) is 0.345. The van der Waals surface area contributed by atoms with E-state index in [1.807, 2.05) is 30.3 Å². The quantitative estimate of drug-likeness (QED) is 0.426. The molecule has 0 bridgehead atoms. The summed E-state index contributed by atoms with van der Waals surface area (Å²) in [6, 6.07) is 20.7. The molecule has 5 heteroatoms. The van der Waals surface area contributed by atoms with Gasteiger partial charge in [0, 0.05) is 17.0 Å². The lowest BCUT2D eigenvalue weighted by Crippen LogP contribution is -2.29. The van der Waals surface area contributed by atoms with E-state index in [1.54, 1.807) is 21.3 Å². The molecular weight excluding hydrogens is 426 g/mol. The maximum absolute atomic E-state index is 6.20. The number of hydrogen-bond acceptors (Lipinski definition) is 5. The number of ether oxygens (including phenoxy) is 4. The normalized spacial score (nSPS) is 18.9. The van der Waals surface area contributed by atoms with Crippen LogP contribution in [0.15, 0.2) is 65.7 Å². The van der Waals surface area contributed by atoms with Crippen LogP contribution in [0.1, 0.15) is 53.9 Å². The maximum atomic E-state index is 6.20. The molecule has 1 aliphatic heterocycles. The van der Waals surface area contributed by atoms with Gasteiger partial charge < -0.3 is 18.9 Å². The number of aliphatic imine (C=N–C) groups is 1. The number of hydrogen-bond donors (Lipinski definition) is 0. The molecule has 3 aromatic rings. The van der Waals surface area contributed by atoms with E-state index in [0.29, 0.717) is 24.0 Å². The van der Waals surface area contributed by atoms with Crippen LogP contribution >= 0.6 is 0 Å². The van der Waals surface area contributed by atoms with Crippen molar-refractivity contribution in [1.82, 2.24) is 0 Å². The van der Waals surface area contributed by atoms with E-state index >= 15 is 0 Å². The van der Waals surface area contributed by atoms with Crippen molar-refractivity contribution in [2.45, 2.75) is 44.2 Å². The molecule has 1 aliphatic carbocycles. The predicted molar refractivity (Wildman–Crippen MR) is 134 cm³/mol. The molecule has 5 rings (SSSR count). The molecule has 0 amide bonds. The van der Waals surface area contributed by atoms with E-state index in [1.165, 1.54) is 18.4 Å². The highest BCUT2D eigenvalue weighted by molar-refractivity contribution is 6.15. The summed E-state index contributed by atoms with van der Waals surface area (Å²) in [6.45, 7) is 0.472. The summed E-state index contributed by atoms with van der Waals surface area (Å²) < 4.78 is 23.1. The van der Waals surface area contributed by atoms with Crippen molar-refractivity contribution < 1.29 is 18.9 Å². The highest BCUT2D eigenvalue weighted by Gasteiger charge is 2.34. The number of methoxy groups -OCH3 is 3. The Morgan fingerprint density at radius 1 is 0.765 bits per heavy atom. The van der Waals surface area contributed by atoms with Gasteiger partial charge in [0.25, 0.3) is 0 Å². The number of rotatable bonds is 7. The molecule has 1 fully saturated rings. The fourth-order valence-electron chi connectivity index (χ4n) is 5.17. The van der Waals surface area contributed by atoms with Gasteiger partial charge in [0.15, 0.2) is 23.0 Å². The monoisotopic (exact) mass is 457 g/mol. The van der Waals surface area contributed by atoms with Crippen LogP contribution in [0, 0.1) is 0 Å². The third-order valence-electron chi connectivity index (χ3n) is 6.91. The van der Waals surface area contributed by atoms with Gasteiger partial charge in [-0.2, -0.15) is 0 Å². The molecule has 0 N–H and O–H groups in total. The fourth-order valence-corrected chi connectivity index (χ4v) is 5.17. The SMILES string of the molecule is COc1cc2c(cc1OC)[C@@H]1CCCC[C@@H]1N=C2c1ccc(OC)c(OCc2ccccc2)c1. The number of benzene rings is 3. The predicted octanol–water partition coefficient (Wildman–Crippen LogP) is 6.17. The van der Waals surface area contributed by atoms with E-state index in [0.717, 1.165) is 46.7 Å². The van der Waals surface area contributed by atoms with E-state index in [9.17, 15) is 0 Å². The Morgan fingerprint density at radius 2 is 1.50 bits per heavy atom. The van der Waals surface area contributed by atoms with Crippen LogP contribution in [-0.4, -0.2) is 33.1 Å². The lowest BCUT2D eigenvalue weighted by molar-refractivity contribution is 0.284. The Balaban J connectivity index is 1.56. The van der Waals surface area contributed by atoms with Gasteiger partial charge in [-0.3, -0.25) is 4.99 Å². The Labute approximate surface area is 201 Å². The summed E-state index contributed by atoms with van der Waals surface area (Å²) in [5.74, 6) is 3.32. The standard InChI is InChI=1S/C29H31NO4/c1-31-25-14-13-20(15-28(25)34-18-19-9-5-4-6-10-19)29-23-17-27(33-3)26(32-2)16-22(23)21-11-7-8-12-24(21)30-29/h4-6,9-10,13-17,21,24H,7-8,11-12,18H2,1-3H3/t21-,24-/m0/s1. The first kappa shape index (κ1) is 22.3. The van der Waals surface area contributed by atoms with Crippen LogP contribution in [0.25, 0.3) is 0 Å². The number of fused-ring (bicyclic) bond motifs is 3. The van der Waals surface area contributed by atoms with Crippen LogP contribution in [0.2, 0.25) is 0 Å². The minimum Gasteiger partial charge on any atom is -0.493 e. The van der Waals surface area contributed by atoms with Crippen molar-refractivity contribution >= 4 is 5.71 Å². The Morgan fingerprint density at radius 3 is 2.26 bits per heavy atom. The molecular formula is C29H31NO4. The van der Waals surface area contributed by atoms with Gasteiger partial charge in [-0.05, 0) is 54.3 Å². The highest BCUT2D eigenvalue weighted by Crippen LogP contribution is 2.45. The molecule has 0 saturated heterocycles. The molecule has 2 aliphatic rings. The van der Waals surface area contributed by atoms with E-state index in [2.05, 4.69) is 30.3 Å². The van der Waals surface area contributed by atoms with Gasteiger partial charge in [0.2, 0.25) is 0 Å². The molecule has 0 aromatic heterocycles. The third-order valence-corrected chi connectivity index (χ3v) is 6.91. The van der Waals surface area contributed by atoms with E-state index < -0.39 is 0 Å². The molecule has 34 heavy (non-hydrogen) atoms. The summed E-state index contributed by atoms with van der Waals surface area (Å²) >= 11 is 0. The maximum Gasteiger partial charge on any atom is 0.162 e. The minimum atomic E-state index is 0.283. The van der Waals surface area contributed by atoms with Gasteiger partial charge >= 0.3 is 0 Å². The molecule has 0 radical (unpaired) electrons. The average molecular weight is 458 g/mol. The Kier molecular flexibility index (Phi) is 6.43. The minimum absolute atomic E-state index is 0.283. The van der Waals surface area contributed by atoms with Crippen LogP contribution < -0.4 is 18.9 Å². The van der Waals surface area contributed by atoms with Crippen molar-refractivity contribution in [3.8, 4) is 23.0 Å². The summed E-state index contributed by atoms with van der Waals surface area (Å²) in [7, 11) is 5.04. The average Bonchev–Trinajstić information content (AvgIpc) is 2.91. The first-order valence-electron chi connectivity index (χ1n) is 11.9. The molecule has 1 heterocycles. The van der Waals surface area contributed by atoms with Gasteiger partial charge in [-0.25, -0.2) is 0 Å². The molecule has 1 saturated carbocycles. The van der Waals surface area contributed by atoms with Gasteiger partial charge in [-0.1, -0.05) is 43.2 Å². The van der Waals surface area contributed by atoms with Crippen LogP contribution in [-0.2, 0) is 6.61 Å². The second-order valence-electron chi connectivity index (χ2n) is 8.87. The second-order valence-corrected chi connectivity index (χ2v) is 8.87. The summed E-state index contributed by atoms with van der Waals surface area (Å²) in [5, 5.41) is 0. The van der Waals surface area contributed by atoms with Gasteiger partial charge in [0.1, 0.15) is 6.61 Å². The lowest BCUT2D eigenvalue weighted by atomic mass is 9.75. The Hall–Kier alpha value is -3.47. The molecule has 2 atom stereocenters. The van der Waals surface area contributed by atoms with Crippen molar-refractivity contribution in [3.05, 3.63) is 82.9 Å².